The number of hydrogen-bond acceptors (Lipinski definition) is 2. The summed E-state index contributed by atoms with van der Waals surface area (Å²) in [6, 6.07) is 2.19. The number of thioether (sulfide) groups is 1. The molecule has 0 amide bonds. The molecule has 0 aromatic heterocycles. The second kappa shape index (κ2) is 4.55. The van der Waals surface area contributed by atoms with Gasteiger partial charge < -0.3 is 0 Å². The van der Waals surface area contributed by atoms with E-state index in [1.807, 2.05) is 0 Å². The summed E-state index contributed by atoms with van der Waals surface area (Å²) >= 11 is 1.12. The second-order valence-electron chi connectivity index (χ2n) is 2.96. The van der Waals surface area contributed by atoms with Crippen LogP contribution in [-0.2, 0) is 11.2 Å². The van der Waals surface area contributed by atoms with E-state index >= 15 is 0 Å². The first-order valence-electron chi connectivity index (χ1n) is 4.06. The lowest BCUT2D eigenvalue weighted by Crippen LogP contribution is -2.01. The molecule has 0 aliphatic rings. The third-order valence-corrected chi connectivity index (χ3v) is 2.48. The molecule has 14 heavy (non-hydrogen) atoms. The number of carbonyl (C=O) groups is 1. The summed E-state index contributed by atoms with van der Waals surface area (Å²) in [5.41, 5.74) is 0.127. The molecule has 0 fully saturated rings. The number of ketones is 1. The fraction of sp³-hybridized carbons (Fsp3) is 0.300. The van der Waals surface area contributed by atoms with Crippen LogP contribution in [0.3, 0.4) is 0 Å². The highest BCUT2D eigenvalue weighted by Crippen LogP contribution is 2.23. The van der Waals surface area contributed by atoms with E-state index in [1.54, 1.807) is 6.26 Å². The first-order chi connectivity index (χ1) is 6.54. The van der Waals surface area contributed by atoms with Crippen LogP contribution in [0.25, 0.3) is 0 Å². The molecule has 0 unspecified atom stereocenters. The lowest BCUT2D eigenvalue weighted by molar-refractivity contribution is -0.116. The zero-order chi connectivity index (χ0) is 10.7. The molecule has 0 spiro atoms. The van der Waals surface area contributed by atoms with Crippen LogP contribution in [-0.4, -0.2) is 12.0 Å². The Morgan fingerprint density at radius 3 is 2.57 bits per heavy atom. The minimum Gasteiger partial charge on any atom is -0.300 e. The number of Topliss-reactive ketones (excluding diaryl/α,β-unsaturated/α-hetero) is 1. The standard InChI is InChI=1S/C10H10F2OS/c1-6(13)3-7-4-8(11)5-9(14-2)10(7)12/h4-5H,3H2,1-2H3. The molecule has 76 valence electrons. The van der Waals surface area contributed by atoms with Crippen molar-refractivity contribution in [2.24, 2.45) is 0 Å². The molecule has 0 aliphatic heterocycles. The van der Waals surface area contributed by atoms with E-state index in [2.05, 4.69) is 0 Å². The van der Waals surface area contributed by atoms with Gasteiger partial charge in [0, 0.05) is 11.3 Å². The smallest absolute Gasteiger partial charge is 0.140 e. The Hall–Kier alpha value is -0.900. The molecule has 0 radical (unpaired) electrons. The van der Waals surface area contributed by atoms with Crippen molar-refractivity contribution in [1.29, 1.82) is 0 Å². The van der Waals surface area contributed by atoms with E-state index in [-0.39, 0.29) is 22.7 Å². The maximum atomic E-state index is 13.5. The van der Waals surface area contributed by atoms with Gasteiger partial charge >= 0.3 is 0 Å². The van der Waals surface area contributed by atoms with Crippen LogP contribution < -0.4 is 0 Å². The maximum Gasteiger partial charge on any atom is 0.140 e. The van der Waals surface area contributed by atoms with Gasteiger partial charge in [-0.3, -0.25) is 4.79 Å². The van der Waals surface area contributed by atoms with Crippen molar-refractivity contribution in [1.82, 2.24) is 0 Å². The molecule has 1 aromatic rings. The van der Waals surface area contributed by atoms with Gasteiger partial charge in [-0.25, -0.2) is 8.78 Å². The third kappa shape index (κ3) is 2.54. The first kappa shape index (κ1) is 11.2. The summed E-state index contributed by atoms with van der Waals surface area (Å²) in [6.45, 7) is 1.35. The van der Waals surface area contributed by atoms with Crippen LogP contribution in [0.15, 0.2) is 17.0 Å². The molecule has 0 N–H and O–H groups in total. The molecule has 0 atom stereocenters. The first-order valence-corrected chi connectivity index (χ1v) is 5.28. The Balaban J connectivity index is 3.15. The Morgan fingerprint density at radius 1 is 1.43 bits per heavy atom. The van der Waals surface area contributed by atoms with Crippen molar-refractivity contribution in [2.75, 3.05) is 6.26 Å². The summed E-state index contributed by atoms with van der Waals surface area (Å²) in [4.78, 5) is 11.0. The fourth-order valence-corrected chi connectivity index (χ4v) is 1.70. The monoisotopic (exact) mass is 216 g/mol. The summed E-state index contributed by atoms with van der Waals surface area (Å²) in [5.74, 6) is -1.18. The lowest BCUT2D eigenvalue weighted by atomic mass is 10.1. The van der Waals surface area contributed by atoms with Crippen LogP contribution in [0.4, 0.5) is 8.78 Å². The highest BCUT2D eigenvalue weighted by atomic mass is 32.2. The van der Waals surface area contributed by atoms with Crippen molar-refractivity contribution in [3.63, 3.8) is 0 Å². The summed E-state index contributed by atoms with van der Waals surface area (Å²) in [6.07, 6.45) is 1.60. The summed E-state index contributed by atoms with van der Waals surface area (Å²) in [5, 5.41) is 0. The third-order valence-electron chi connectivity index (χ3n) is 1.74. The Kier molecular flexibility index (Phi) is 3.63. The quantitative estimate of drug-likeness (QED) is 0.723. The summed E-state index contributed by atoms with van der Waals surface area (Å²) in [7, 11) is 0. The lowest BCUT2D eigenvalue weighted by Gasteiger charge is -2.05. The van der Waals surface area contributed by atoms with Gasteiger partial charge in [0.05, 0.1) is 0 Å². The van der Waals surface area contributed by atoms with Crippen LogP contribution in [0, 0.1) is 11.6 Å². The minimum atomic E-state index is -0.507. The SMILES string of the molecule is CSc1cc(F)cc(CC(C)=O)c1F. The fourth-order valence-electron chi connectivity index (χ4n) is 1.16. The van der Waals surface area contributed by atoms with Crippen LogP contribution in [0.1, 0.15) is 12.5 Å². The normalized spacial score (nSPS) is 10.3. The van der Waals surface area contributed by atoms with Crippen molar-refractivity contribution in [2.45, 2.75) is 18.2 Å². The Morgan fingerprint density at radius 2 is 2.07 bits per heavy atom. The average molecular weight is 216 g/mol. The molecule has 4 heteroatoms. The van der Waals surface area contributed by atoms with Gasteiger partial charge in [-0.15, -0.1) is 11.8 Å². The molecule has 0 heterocycles. The molecule has 0 saturated carbocycles. The predicted octanol–water partition coefficient (Wildman–Crippen LogP) is 2.82. The molecule has 0 bridgehead atoms. The Labute approximate surface area is 85.5 Å². The van der Waals surface area contributed by atoms with Gasteiger partial charge in [-0.2, -0.15) is 0 Å². The van der Waals surface area contributed by atoms with E-state index < -0.39 is 11.6 Å². The van der Waals surface area contributed by atoms with Crippen molar-refractivity contribution >= 4 is 17.5 Å². The zero-order valence-corrected chi connectivity index (χ0v) is 8.75. The largest absolute Gasteiger partial charge is 0.300 e. The molecule has 1 aromatic carbocycles. The van der Waals surface area contributed by atoms with Gasteiger partial charge in [-0.05, 0) is 30.9 Å². The van der Waals surface area contributed by atoms with Gasteiger partial charge in [0.2, 0.25) is 0 Å². The van der Waals surface area contributed by atoms with Crippen LogP contribution in [0.5, 0.6) is 0 Å². The predicted molar refractivity (Wildman–Crippen MR) is 52.5 cm³/mol. The average Bonchev–Trinajstić information content (AvgIpc) is 2.09. The van der Waals surface area contributed by atoms with Gasteiger partial charge in [0.1, 0.15) is 17.4 Å². The van der Waals surface area contributed by atoms with Crippen molar-refractivity contribution in [3.05, 3.63) is 29.3 Å². The minimum absolute atomic E-state index is 0.0584. The van der Waals surface area contributed by atoms with Gasteiger partial charge in [0.15, 0.2) is 0 Å². The van der Waals surface area contributed by atoms with Crippen molar-refractivity contribution in [3.8, 4) is 0 Å². The number of halogens is 2. The molecule has 1 nitrogen and oxygen atoms in total. The number of benzene rings is 1. The van der Waals surface area contributed by atoms with Gasteiger partial charge in [0.25, 0.3) is 0 Å². The van der Waals surface area contributed by atoms with Crippen LogP contribution in [0.2, 0.25) is 0 Å². The van der Waals surface area contributed by atoms with E-state index in [4.69, 9.17) is 0 Å². The van der Waals surface area contributed by atoms with Gasteiger partial charge in [-0.1, -0.05) is 0 Å². The van der Waals surface area contributed by atoms with E-state index in [1.165, 1.54) is 6.92 Å². The number of rotatable bonds is 3. The van der Waals surface area contributed by atoms with E-state index in [0.29, 0.717) is 0 Å². The topological polar surface area (TPSA) is 17.1 Å². The molecule has 1 rings (SSSR count). The van der Waals surface area contributed by atoms with Crippen LogP contribution >= 0.6 is 11.8 Å². The Bertz CT molecular complexity index is 363. The van der Waals surface area contributed by atoms with E-state index in [9.17, 15) is 13.6 Å². The zero-order valence-electron chi connectivity index (χ0n) is 7.93. The van der Waals surface area contributed by atoms with Crippen molar-refractivity contribution < 1.29 is 13.6 Å². The number of carbonyl (C=O) groups excluding carboxylic acids is 1. The highest BCUT2D eigenvalue weighted by molar-refractivity contribution is 7.98. The molecular weight excluding hydrogens is 206 g/mol. The summed E-state index contributed by atoms with van der Waals surface area (Å²) < 4.78 is 26.4. The highest BCUT2D eigenvalue weighted by Gasteiger charge is 2.11. The van der Waals surface area contributed by atoms with E-state index in [0.717, 1.165) is 23.9 Å². The molecule has 0 saturated heterocycles. The second-order valence-corrected chi connectivity index (χ2v) is 3.81. The molecular formula is C10H10F2OS. The maximum absolute atomic E-state index is 13.5. The number of hydrogen-bond donors (Lipinski definition) is 0. The molecule has 0 aliphatic carbocycles.